The first-order valence-corrected chi connectivity index (χ1v) is 7.59. The quantitative estimate of drug-likeness (QED) is 0.879. The molecule has 5 nitrogen and oxygen atoms in total. The fraction of sp³-hybridized carbons (Fsp3) is 0.692. The first-order valence-electron chi connectivity index (χ1n) is 6.71. The van der Waals surface area contributed by atoms with Crippen LogP contribution < -0.4 is 15.5 Å². The second-order valence-electron chi connectivity index (χ2n) is 5.30. The Bertz CT molecular complexity index is 457. The summed E-state index contributed by atoms with van der Waals surface area (Å²) in [6.07, 6.45) is 0. The summed E-state index contributed by atoms with van der Waals surface area (Å²) in [4.78, 5) is 18.7. The van der Waals surface area contributed by atoms with E-state index in [1.807, 2.05) is 13.8 Å². The first-order chi connectivity index (χ1) is 8.96. The van der Waals surface area contributed by atoms with Crippen LogP contribution in [0.1, 0.15) is 39.4 Å². The van der Waals surface area contributed by atoms with E-state index in [-0.39, 0.29) is 11.9 Å². The zero-order chi connectivity index (χ0) is 14.0. The second kappa shape index (κ2) is 5.46. The molecule has 19 heavy (non-hydrogen) atoms. The Labute approximate surface area is 118 Å². The number of amides is 1. The number of hydrogen-bond donors (Lipinski definition) is 2. The molecule has 6 heteroatoms. The number of carbonyl (C=O) groups excluding carboxylic acids is 1. The van der Waals surface area contributed by atoms with Crippen molar-refractivity contribution in [1.82, 2.24) is 15.6 Å². The summed E-state index contributed by atoms with van der Waals surface area (Å²) in [5, 5.41) is 9.26. The zero-order valence-corrected chi connectivity index (χ0v) is 12.8. The molecule has 0 aliphatic carbocycles. The number of thiazole rings is 1. The van der Waals surface area contributed by atoms with Gasteiger partial charge in [0.2, 0.25) is 5.91 Å². The molecular weight excluding hydrogens is 260 g/mol. The van der Waals surface area contributed by atoms with Gasteiger partial charge in [-0.2, -0.15) is 0 Å². The Kier molecular flexibility index (Phi) is 4.10. The maximum Gasteiger partial charge on any atom is 0.245 e. The Morgan fingerprint density at radius 3 is 3.05 bits per heavy atom. The van der Waals surface area contributed by atoms with Crippen molar-refractivity contribution in [2.24, 2.45) is 0 Å². The third kappa shape index (κ3) is 2.74. The molecule has 1 aromatic rings. The van der Waals surface area contributed by atoms with E-state index in [4.69, 9.17) is 0 Å². The number of anilines is 1. The molecule has 1 aliphatic heterocycles. The highest BCUT2D eigenvalue weighted by Crippen LogP contribution is 2.30. The fourth-order valence-electron chi connectivity index (χ4n) is 2.24. The van der Waals surface area contributed by atoms with Gasteiger partial charge in [0.15, 0.2) is 5.13 Å². The molecule has 2 rings (SSSR count). The van der Waals surface area contributed by atoms with Crippen LogP contribution in [0.2, 0.25) is 0 Å². The van der Waals surface area contributed by atoms with Crippen molar-refractivity contribution in [2.45, 2.75) is 39.3 Å². The number of piperazine rings is 1. The largest absolute Gasteiger partial charge is 0.352 e. The van der Waals surface area contributed by atoms with E-state index in [0.717, 1.165) is 23.9 Å². The minimum Gasteiger partial charge on any atom is -0.352 e. The summed E-state index contributed by atoms with van der Waals surface area (Å²) < 4.78 is 0. The predicted octanol–water partition coefficient (Wildman–Crippen LogP) is 1.53. The molecule has 1 unspecified atom stereocenters. The molecule has 1 saturated heterocycles. The maximum absolute atomic E-state index is 12.0. The zero-order valence-electron chi connectivity index (χ0n) is 12.0. The van der Waals surface area contributed by atoms with Crippen LogP contribution in [0.3, 0.4) is 0 Å². The number of rotatable bonds is 4. The lowest BCUT2D eigenvalue weighted by Gasteiger charge is -2.41. The summed E-state index contributed by atoms with van der Waals surface area (Å²) in [7, 11) is 0. The number of nitrogens with zero attached hydrogens (tertiary/aromatic N) is 2. The Morgan fingerprint density at radius 2 is 2.37 bits per heavy atom. The van der Waals surface area contributed by atoms with Gasteiger partial charge >= 0.3 is 0 Å². The second-order valence-corrected chi connectivity index (χ2v) is 6.14. The van der Waals surface area contributed by atoms with Gasteiger partial charge in [-0.15, -0.1) is 11.3 Å². The monoisotopic (exact) mass is 282 g/mol. The van der Waals surface area contributed by atoms with Gasteiger partial charge in [-0.05, 0) is 27.3 Å². The van der Waals surface area contributed by atoms with Crippen LogP contribution in [-0.2, 0) is 4.79 Å². The number of hydrogen-bond acceptors (Lipinski definition) is 5. The van der Waals surface area contributed by atoms with E-state index in [1.54, 1.807) is 11.3 Å². The van der Waals surface area contributed by atoms with Crippen LogP contribution in [0, 0.1) is 0 Å². The van der Waals surface area contributed by atoms with E-state index >= 15 is 0 Å². The lowest BCUT2D eigenvalue weighted by molar-refractivity contribution is -0.126. The lowest BCUT2D eigenvalue weighted by Crippen LogP contribution is -2.62. The minimum absolute atomic E-state index is 0.0650. The van der Waals surface area contributed by atoms with Gasteiger partial charge in [0.25, 0.3) is 0 Å². The molecular formula is C13H22N4OS. The first kappa shape index (κ1) is 14.3. The highest BCUT2D eigenvalue weighted by atomic mass is 32.1. The molecule has 0 radical (unpaired) electrons. The van der Waals surface area contributed by atoms with Crippen LogP contribution in [0.5, 0.6) is 0 Å². The van der Waals surface area contributed by atoms with Crippen LogP contribution >= 0.6 is 11.3 Å². The van der Waals surface area contributed by atoms with Crippen molar-refractivity contribution in [1.29, 1.82) is 0 Å². The molecule has 1 amide bonds. The van der Waals surface area contributed by atoms with Gasteiger partial charge in [-0.25, -0.2) is 4.98 Å². The molecule has 0 spiro atoms. The number of carbonyl (C=O) groups is 1. The van der Waals surface area contributed by atoms with E-state index in [0.29, 0.717) is 6.54 Å². The summed E-state index contributed by atoms with van der Waals surface area (Å²) >= 11 is 1.61. The fourth-order valence-corrected chi connectivity index (χ4v) is 3.33. The predicted molar refractivity (Wildman–Crippen MR) is 78.6 cm³/mol. The van der Waals surface area contributed by atoms with Crippen LogP contribution in [0.25, 0.3) is 0 Å². The molecule has 1 aliphatic rings. The molecule has 1 atom stereocenters. The third-order valence-corrected chi connectivity index (χ3v) is 4.43. The number of nitrogens with one attached hydrogen (secondary N) is 2. The van der Waals surface area contributed by atoms with Crippen molar-refractivity contribution in [3.8, 4) is 0 Å². The Balaban J connectivity index is 2.20. The average molecular weight is 282 g/mol. The van der Waals surface area contributed by atoms with E-state index in [9.17, 15) is 4.79 Å². The van der Waals surface area contributed by atoms with E-state index in [2.05, 4.69) is 39.7 Å². The highest BCUT2D eigenvalue weighted by molar-refractivity contribution is 7.13. The lowest BCUT2D eigenvalue weighted by atomic mass is 10.00. The average Bonchev–Trinajstić information content (AvgIpc) is 2.82. The summed E-state index contributed by atoms with van der Waals surface area (Å²) in [6, 6.07) is 0.247. The minimum atomic E-state index is -0.533. The van der Waals surface area contributed by atoms with E-state index in [1.165, 1.54) is 0 Å². The molecule has 0 aromatic carbocycles. The topological polar surface area (TPSA) is 57.3 Å². The van der Waals surface area contributed by atoms with Gasteiger partial charge in [0.1, 0.15) is 5.54 Å². The normalized spacial score (nSPS) is 20.2. The highest BCUT2D eigenvalue weighted by Gasteiger charge is 2.39. The Hall–Kier alpha value is -1.14. The summed E-state index contributed by atoms with van der Waals surface area (Å²) in [5.74, 6) is 0.0650. The SMILES string of the molecule is CCNC(C)c1csc(N2CCNC(=O)C2(C)C)n1. The van der Waals surface area contributed by atoms with E-state index < -0.39 is 5.54 Å². The molecule has 106 valence electrons. The van der Waals surface area contributed by atoms with Crippen molar-refractivity contribution in [3.63, 3.8) is 0 Å². The van der Waals surface area contributed by atoms with Gasteiger partial charge in [-0.1, -0.05) is 6.92 Å². The molecule has 0 bridgehead atoms. The number of aromatic nitrogens is 1. The third-order valence-electron chi connectivity index (χ3n) is 3.55. The van der Waals surface area contributed by atoms with Gasteiger partial charge < -0.3 is 15.5 Å². The van der Waals surface area contributed by atoms with Gasteiger partial charge in [-0.3, -0.25) is 4.79 Å². The van der Waals surface area contributed by atoms with Crippen LogP contribution in [0.4, 0.5) is 5.13 Å². The van der Waals surface area contributed by atoms with Crippen molar-refractivity contribution in [2.75, 3.05) is 24.5 Å². The standard InChI is InChI=1S/C13H22N4OS/c1-5-14-9(2)10-8-19-12(16-10)17-7-6-15-11(18)13(17,3)4/h8-9,14H,5-7H2,1-4H3,(H,15,18). The molecule has 1 aromatic heterocycles. The van der Waals surface area contributed by atoms with Crippen LogP contribution in [-0.4, -0.2) is 36.1 Å². The van der Waals surface area contributed by atoms with Gasteiger partial charge in [0, 0.05) is 24.5 Å². The smallest absolute Gasteiger partial charge is 0.245 e. The Morgan fingerprint density at radius 1 is 1.63 bits per heavy atom. The summed E-state index contributed by atoms with van der Waals surface area (Å²) in [5.41, 5.74) is 0.512. The van der Waals surface area contributed by atoms with Crippen molar-refractivity contribution in [3.05, 3.63) is 11.1 Å². The van der Waals surface area contributed by atoms with Crippen molar-refractivity contribution >= 4 is 22.4 Å². The van der Waals surface area contributed by atoms with Crippen LogP contribution in [0.15, 0.2) is 5.38 Å². The molecule has 2 N–H and O–H groups in total. The molecule has 1 fully saturated rings. The molecule has 0 saturated carbocycles. The summed E-state index contributed by atoms with van der Waals surface area (Å²) in [6.45, 7) is 10.5. The molecule has 2 heterocycles. The van der Waals surface area contributed by atoms with Gasteiger partial charge in [0.05, 0.1) is 5.69 Å². The van der Waals surface area contributed by atoms with Crippen molar-refractivity contribution < 1.29 is 4.79 Å². The maximum atomic E-state index is 12.0.